The van der Waals surface area contributed by atoms with E-state index in [1.165, 1.54) is 0 Å². The van der Waals surface area contributed by atoms with Crippen molar-refractivity contribution in [3.63, 3.8) is 0 Å². The fourth-order valence-electron chi connectivity index (χ4n) is 2.30. The van der Waals surface area contributed by atoms with E-state index in [-0.39, 0.29) is 5.91 Å². The molecule has 1 aromatic heterocycles. The second-order valence-corrected chi connectivity index (χ2v) is 7.54. The molecule has 0 unspecified atom stereocenters. The van der Waals surface area contributed by atoms with Gasteiger partial charge in [0.15, 0.2) is 0 Å². The lowest BCUT2D eigenvalue weighted by molar-refractivity contribution is -0.118. The van der Waals surface area contributed by atoms with Crippen LogP contribution in [-0.4, -0.2) is 48.2 Å². The first-order valence-electron chi connectivity index (χ1n) is 8.74. The molecule has 5 nitrogen and oxygen atoms in total. The summed E-state index contributed by atoms with van der Waals surface area (Å²) in [6.07, 6.45) is 0.966. The molecule has 1 aromatic carbocycles. The van der Waals surface area contributed by atoms with Gasteiger partial charge in [0, 0.05) is 22.9 Å². The second kappa shape index (κ2) is 10.6. The van der Waals surface area contributed by atoms with Gasteiger partial charge in [-0.3, -0.25) is 4.79 Å². The van der Waals surface area contributed by atoms with E-state index in [9.17, 15) is 4.79 Å². The Labute approximate surface area is 164 Å². The van der Waals surface area contributed by atoms with Gasteiger partial charge < -0.3 is 14.6 Å². The molecule has 26 heavy (non-hydrogen) atoms. The van der Waals surface area contributed by atoms with Crippen molar-refractivity contribution in [2.24, 2.45) is 0 Å². The lowest BCUT2D eigenvalue weighted by Crippen LogP contribution is -2.29. The van der Waals surface area contributed by atoms with E-state index in [2.05, 4.69) is 29.2 Å². The molecule has 0 saturated carbocycles. The molecule has 2 aromatic rings. The number of oxazole rings is 1. The number of carbonyl (C=O) groups is 1. The summed E-state index contributed by atoms with van der Waals surface area (Å²) in [5, 5.41) is 3.64. The fraction of sp³-hybridized carbons (Fsp3) is 0.474. The molecule has 0 atom stereocenters. The number of carbonyl (C=O) groups excluding carboxylic acids is 1. The number of rotatable bonds is 10. The highest BCUT2D eigenvalue weighted by molar-refractivity contribution is 7.99. The Hall–Kier alpha value is -1.50. The fourth-order valence-corrected chi connectivity index (χ4v) is 3.28. The van der Waals surface area contributed by atoms with Crippen LogP contribution in [0.2, 0.25) is 5.02 Å². The number of amides is 1. The van der Waals surface area contributed by atoms with Crippen molar-refractivity contribution in [1.82, 2.24) is 15.2 Å². The lowest BCUT2D eigenvalue weighted by atomic mass is 10.2. The first kappa shape index (κ1) is 20.8. The van der Waals surface area contributed by atoms with Crippen LogP contribution in [0.3, 0.4) is 0 Å². The summed E-state index contributed by atoms with van der Waals surface area (Å²) in [4.78, 5) is 18.7. The Morgan fingerprint density at radius 1 is 1.35 bits per heavy atom. The predicted octanol–water partition coefficient (Wildman–Crippen LogP) is 3.99. The van der Waals surface area contributed by atoms with Gasteiger partial charge in [-0.05, 0) is 57.7 Å². The molecule has 0 aliphatic carbocycles. The Kier molecular flexibility index (Phi) is 8.48. The van der Waals surface area contributed by atoms with Gasteiger partial charge in [-0.2, -0.15) is 0 Å². The minimum Gasteiger partial charge on any atom is -0.441 e. The molecule has 0 saturated heterocycles. The summed E-state index contributed by atoms with van der Waals surface area (Å²) in [5.41, 5.74) is 1.76. The zero-order valence-electron chi connectivity index (χ0n) is 15.5. The Balaban J connectivity index is 1.74. The van der Waals surface area contributed by atoms with Gasteiger partial charge in [-0.1, -0.05) is 18.5 Å². The van der Waals surface area contributed by atoms with E-state index in [0.29, 0.717) is 29.0 Å². The highest BCUT2D eigenvalue weighted by atomic mass is 35.5. The number of halogens is 1. The van der Waals surface area contributed by atoms with Crippen LogP contribution in [0, 0.1) is 6.92 Å². The van der Waals surface area contributed by atoms with Gasteiger partial charge in [0.2, 0.25) is 11.8 Å². The van der Waals surface area contributed by atoms with Gasteiger partial charge in [-0.15, -0.1) is 11.8 Å². The molecule has 1 amide bonds. The van der Waals surface area contributed by atoms with Crippen molar-refractivity contribution < 1.29 is 9.21 Å². The number of hydrogen-bond acceptors (Lipinski definition) is 5. The number of benzene rings is 1. The topological polar surface area (TPSA) is 58.4 Å². The minimum atomic E-state index is 0.0632. The summed E-state index contributed by atoms with van der Waals surface area (Å²) in [7, 11) is 2.08. The van der Waals surface area contributed by atoms with E-state index in [0.717, 1.165) is 36.5 Å². The Morgan fingerprint density at radius 3 is 2.77 bits per heavy atom. The van der Waals surface area contributed by atoms with E-state index < -0.39 is 0 Å². The molecular formula is C19H26ClN3O2S. The Bertz CT molecular complexity index is 703. The molecule has 0 aliphatic rings. The average molecular weight is 396 g/mol. The zero-order valence-corrected chi connectivity index (χ0v) is 17.1. The molecule has 7 heteroatoms. The number of hydrogen-bond donors (Lipinski definition) is 1. The molecule has 1 N–H and O–H groups in total. The van der Waals surface area contributed by atoms with Crippen LogP contribution in [0.5, 0.6) is 0 Å². The molecular weight excluding hydrogens is 370 g/mol. The van der Waals surface area contributed by atoms with Crippen molar-refractivity contribution in [3.8, 4) is 11.5 Å². The smallest absolute Gasteiger partial charge is 0.230 e. The molecule has 142 valence electrons. The van der Waals surface area contributed by atoms with Crippen LogP contribution in [0.4, 0.5) is 0 Å². The zero-order chi connectivity index (χ0) is 18.9. The molecule has 2 rings (SSSR count). The summed E-state index contributed by atoms with van der Waals surface area (Å²) in [6.45, 7) is 6.76. The highest BCUT2D eigenvalue weighted by Gasteiger charge is 2.12. The summed E-state index contributed by atoms with van der Waals surface area (Å²) >= 11 is 7.45. The van der Waals surface area contributed by atoms with Crippen molar-refractivity contribution in [2.75, 3.05) is 32.4 Å². The first-order chi connectivity index (χ1) is 12.5. The average Bonchev–Trinajstić information content (AvgIpc) is 3.00. The normalized spacial score (nSPS) is 11.1. The first-order valence-corrected chi connectivity index (χ1v) is 10.3. The van der Waals surface area contributed by atoms with Gasteiger partial charge in [0.25, 0.3) is 0 Å². The Morgan fingerprint density at radius 2 is 2.08 bits per heavy atom. The van der Waals surface area contributed by atoms with Gasteiger partial charge in [0.1, 0.15) is 5.76 Å². The minimum absolute atomic E-state index is 0.0632. The van der Waals surface area contributed by atoms with Crippen LogP contribution < -0.4 is 5.32 Å². The van der Waals surface area contributed by atoms with E-state index in [4.69, 9.17) is 16.0 Å². The third-order valence-electron chi connectivity index (χ3n) is 4.03. The molecule has 0 fully saturated rings. The third-order valence-corrected chi connectivity index (χ3v) is 5.23. The summed E-state index contributed by atoms with van der Waals surface area (Å²) < 4.78 is 5.74. The van der Waals surface area contributed by atoms with E-state index >= 15 is 0 Å². The molecule has 0 spiro atoms. The molecule has 0 bridgehead atoms. The van der Waals surface area contributed by atoms with Crippen LogP contribution in [0.25, 0.3) is 11.5 Å². The largest absolute Gasteiger partial charge is 0.441 e. The van der Waals surface area contributed by atoms with E-state index in [1.54, 1.807) is 11.8 Å². The van der Waals surface area contributed by atoms with Crippen LogP contribution in [-0.2, 0) is 10.5 Å². The molecule has 0 aliphatic heterocycles. The standard InChI is InChI=1S/C19H26ClN3O2S/c1-4-23(3)11-5-10-21-18(24)13-26-12-17-14(2)25-19(22-17)15-6-8-16(20)9-7-15/h6-9H,4-5,10-13H2,1-3H3,(H,21,24). The summed E-state index contributed by atoms with van der Waals surface area (Å²) in [6, 6.07) is 7.39. The number of nitrogens with zero attached hydrogens (tertiary/aromatic N) is 2. The van der Waals surface area contributed by atoms with Gasteiger partial charge in [-0.25, -0.2) is 4.98 Å². The quantitative estimate of drug-likeness (QED) is 0.616. The maximum Gasteiger partial charge on any atom is 0.230 e. The van der Waals surface area contributed by atoms with Crippen molar-refractivity contribution in [3.05, 3.63) is 40.7 Å². The highest BCUT2D eigenvalue weighted by Crippen LogP contribution is 2.25. The predicted molar refractivity (Wildman–Crippen MR) is 109 cm³/mol. The third kappa shape index (κ3) is 6.67. The second-order valence-electron chi connectivity index (χ2n) is 6.12. The van der Waals surface area contributed by atoms with Crippen molar-refractivity contribution in [2.45, 2.75) is 26.0 Å². The van der Waals surface area contributed by atoms with Crippen LogP contribution >= 0.6 is 23.4 Å². The van der Waals surface area contributed by atoms with Crippen molar-refractivity contribution in [1.29, 1.82) is 0 Å². The van der Waals surface area contributed by atoms with Crippen molar-refractivity contribution >= 4 is 29.3 Å². The maximum absolute atomic E-state index is 11.9. The van der Waals surface area contributed by atoms with Gasteiger partial charge in [0.05, 0.1) is 11.4 Å². The maximum atomic E-state index is 11.9. The number of thioether (sulfide) groups is 1. The number of aryl methyl sites for hydroxylation is 1. The van der Waals surface area contributed by atoms with Crippen LogP contribution in [0.1, 0.15) is 24.8 Å². The molecule has 1 heterocycles. The monoisotopic (exact) mass is 395 g/mol. The number of aromatic nitrogens is 1. The SMILES string of the molecule is CCN(C)CCCNC(=O)CSCc1nc(-c2ccc(Cl)cc2)oc1C. The van der Waals surface area contributed by atoms with E-state index in [1.807, 2.05) is 31.2 Å². The van der Waals surface area contributed by atoms with Crippen LogP contribution in [0.15, 0.2) is 28.7 Å². The molecule has 0 radical (unpaired) electrons. The number of nitrogens with one attached hydrogen (secondary N) is 1. The van der Waals surface area contributed by atoms with Gasteiger partial charge >= 0.3 is 0 Å². The summed E-state index contributed by atoms with van der Waals surface area (Å²) in [5.74, 6) is 2.50. The lowest BCUT2D eigenvalue weighted by Gasteiger charge is -2.13.